The highest BCUT2D eigenvalue weighted by Crippen LogP contribution is 2.35. The Hall–Kier alpha value is -1.43. The van der Waals surface area contributed by atoms with Gasteiger partial charge in [0.05, 0.1) is 11.2 Å². The molecule has 1 aromatic rings. The molecule has 0 radical (unpaired) electrons. The van der Waals surface area contributed by atoms with Crippen molar-refractivity contribution in [3.63, 3.8) is 0 Å². The maximum absolute atomic E-state index is 12.1. The Morgan fingerprint density at radius 1 is 1.38 bits per heavy atom. The van der Waals surface area contributed by atoms with E-state index in [1.807, 2.05) is 34.6 Å². The second kappa shape index (κ2) is 3.04. The van der Waals surface area contributed by atoms with E-state index in [2.05, 4.69) is 20.8 Å². The molecule has 2 N–H and O–H groups in total. The third-order valence-electron chi connectivity index (χ3n) is 2.57. The van der Waals surface area contributed by atoms with Gasteiger partial charge in [0.1, 0.15) is 0 Å². The molecule has 2 rings (SSSR count). The summed E-state index contributed by atoms with van der Waals surface area (Å²) in [6.45, 7) is 9.93. The van der Waals surface area contributed by atoms with Crippen molar-refractivity contribution in [3.8, 4) is 0 Å². The Kier molecular flexibility index (Phi) is 2.10. The molecule has 0 saturated heterocycles. The minimum absolute atomic E-state index is 0.135. The van der Waals surface area contributed by atoms with Gasteiger partial charge in [-0.25, -0.2) is 5.43 Å². The van der Waals surface area contributed by atoms with Gasteiger partial charge in [-0.1, -0.05) is 5.21 Å². The zero-order valence-electron chi connectivity index (χ0n) is 10.2. The van der Waals surface area contributed by atoms with Crippen molar-refractivity contribution in [2.75, 3.05) is 0 Å². The fourth-order valence-electron chi connectivity index (χ4n) is 1.80. The van der Waals surface area contributed by atoms with Crippen molar-refractivity contribution in [1.82, 2.24) is 25.8 Å². The number of carbonyl (C=O) groups is 1. The van der Waals surface area contributed by atoms with Gasteiger partial charge in [-0.05, 0) is 34.6 Å². The first kappa shape index (κ1) is 11.1. The molecule has 0 fully saturated rings. The fourth-order valence-corrected chi connectivity index (χ4v) is 1.80. The minimum atomic E-state index is -0.455. The lowest BCUT2D eigenvalue weighted by Gasteiger charge is -2.37. The van der Waals surface area contributed by atoms with Crippen molar-refractivity contribution in [2.24, 2.45) is 0 Å². The molecule has 0 aromatic carbocycles. The van der Waals surface area contributed by atoms with Crippen LogP contribution >= 0.6 is 0 Å². The van der Waals surface area contributed by atoms with E-state index in [-0.39, 0.29) is 11.4 Å². The van der Waals surface area contributed by atoms with E-state index in [0.717, 1.165) is 5.69 Å². The van der Waals surface area contributed by atoms with Gasteiger partial charge < -0.3 is 0 Å². The standard InChI is InChI=1S/C10H17N5O/c1-9(2,3)13-15-8(16)6-7(10(15,4)5)12-14-11-6/h13H,1-5H3,(H,11,12,14). The number of hydrogen-bond acceptors (Lipinski definition) is 4. The largest absolute Gasteiger partial charge is 0.291 e. The van der Waals surface area contributed by atoms with E-state index < -0.39 is 5.54 Å². The zero-order chi connectivity index (χ0) is 12.1. The number of hydrazine groups is 1. The number of nitrogens with zero attached hydrogens (tertiary/aromatic N) is 3. The van der Waals surface area contributed by atoms with Crippen LogP contribution in [0.1, 0.15) is 50.8 Å². The van der Waals surface area contributed by atoms with Gasteiger partial charge in [0, 0.05) is 5.54 Å². The number of amides is 1. The van der Waals surface area contributed by atoms with Crippen LogP contribution in [0.4, 0.5) is 0 Å². The molecule has 16 heavy (non-hydrogen) atoms. The molecule has 1 aliphatic rings. The molecule has 0 unspecified atom stereocenters. The quantitative estimate of drug-likeness (QED) is 0.738. The van der Waals surface area contributed by atoms with Crippen molar-refractivity contribution in [3.05, 3.63) is 11.4 Å². The summed E-state index contributed by atoms with van der Waals surface area (Å²) >= 11 is 0. The second-order valence-electron chi connectivity index (χ2n) is 5.60. The van der Waals surface area contributed by atoms with Crippen LogP contribution in [0.3, 0.4) is 0 Å². The Labute approximate surface area is 94.4 Å². The summed E-state index contributed by atoms with van der Waals surface area (Å²) in [6.07, 6.45) is 0. The van der Waals surface area contributed by atoms with Crippen LogP contribution in [-0.2, 0) is 5.54 Å². The lowest BCUT2D eigenvalue weighted by atomic mass is 10.0. The second-order valence-corrected chi connectivity index (χ2v) is 5.60. The van der Waals surface area contributed by atoms with Gasteiger partial charge in [-0.3, -0.25) is 14.9 Å². The predicted octanol–water partition coefficient (Wildman–Crippen LogP) is 0.799. The molecular formula is C10H17N5O. The monoisotopic (exact) mass is 223 g/mol. The van der Waals surface area contributed by atoms with E-state index in [1.165, 1.54) is 0 Å². The number of nitrogens with one attached hydrogen (secondary N) is 2. The van der Waals surface area contributed by atoms with Crippen LogP contribution in [0.5, 0.6) is 0 Å². The van der Waals surface area contributed by atoms with Crippen LogP contribution in [0, 0.1) is 0 Å². The number of aromatic nitrogens is 3. The van der Waals surface area contributed by atoms with Crippen LogP contribution in [0.2, 0.25) is 0 Å². The van der Waals surface area contributed by atoms with Crippen LogP contribution in [0.15, 0.2) is 0 Å². The summed E-state index contributed by atoms with van der Waals surface area (Å²) in [4.78, 5) is 12.1. The van der Waals surface area contributed by atoms with Crippen molar-refractivity contribution in [1.29, 1.82) is 0 Å². The molecule has 2 heterocycles. The molecule has 0 aliphatic carbocycles. The topological polar surface area (TPSA) is 73.9 Å². The highest BCUT2D eigenvalue weighted by molar-refractivity contribution is 5.97. The summed E-state index contributed by atoms with van der Waals surface area (Å²) in [5, 5.41) is 11.9. The molecule has 0 atom stereocenters. The zero-order valence-corrected chi connectivity index (χ0v) is 10.2. The average molecular weight is 223 g/mol. The Morgan fingerprint density at radius 3 is 2.50 bits per heavy atom. The molecule has 88 valence electrons. The predicted molar refractivity (Wildman–Crippen MR) is 58.5 cm³/mol. The van der Waals surface area contributed by atoms with Gasteiger partial charge in [0.2, 0.25) is 0 Å². The SMILES string of the molecule is CC(C)(C)NN1C(=O)c2nn[nH]c2C1(C)C. The highest BCUT2D eigenvalue weighted by atomic mass is 16.2. The molecule has 0 saturated carbocycles. The number of H-pyrrole nitrogens is 1. The molecule has 1 aromatic heterocycles. The van der Waals surface area contributed by atoms with Gasteiger partial charge in [-0.15, -0.1) is 5.10 Å². The lowest BCUT2D eigenvalue weighted by Crippen LogP contribution is -2.56. The van der Waals surface area contributed by atoms with Crippen LogP contribution in [-0.4, -0.2) is 31.9 Å². The summed E-state index contributed by atoms with van der Waals surface area (Å²) < 4.78 is 0. The molecule has 6 nitrogen and oxygen atoms in total. The van der Waals surface area contributed by atoms with Crippen molar-refractivity contribution in [2.45, 2.75) is 45.7 Å². The van der Waals surface area contributed by atoms with Crippen LogP contribution in [0.25, 0.3) is 0 Å². The average Bonchev–Trinajstić information content (AvgIpc) is 2.64. The number of rotatable bonds is 1. The third kappa shape index (κ3) is 1.49. The smallest absolute Gasteiger partial charge is 0.266 e. The highest BCUT2D eigenvalue weighted by Gasteiger charge is 2.47. The Balaban J connectivity index is 2.38. The molecule has 0 bridgehead atoms. The first-order valence-corrected chi connectivity index (χ1v) is 5.27. The molecule has 1 amide bonds. The summed E-state index contributed by atoms with van der Waals surface area (Å²) in [7, 11) is 0. The van der Waals surface area contributed by atoms with E-state index in [1.54, 1.807) is 5.01 Å². The van der Waals surface area contributed by atoms with Gasteiger partial charge >= 0.3 is 0 Å². The molecular weight excluding hydrogens is 206 g/mol. The van der Waals surface area contributed by atoms with Gasteiger partial charge in [-0.2, -0.15) is 0 Å². The van der Waals surface area contributed by atoms with Gasteiger partial charge in [0.15, 0.2) is 5.69 Å². The van der Waals surface area contributed by atoms with Crippen molar-refractivity contribution < 1.29 is 4.79 Å². The normalized spacial score (nSPS) is 19.1. The van der Waals surface area contributed by atoms with E-state index in [4.69, 9.17) is 0 Å². The molecule has 1 aliphatic heterocycles. The van der Waals surface area contributed by atoms with E-state index in [9.17, 15) is 4.79 Å². The fraction of sp³-hybridized carbons (Fsp3) is 0.700. The number of carbonyl (C=O) groups excluding carboxylic acids is 1. The third-order valence-corrected chi connectivity index (χ3v) is 2.57. The van der Waals surface area contributed by atoms with E-state index in [0.29, 0.717) is 5.69 Å². The number of hydrogen-bond donors (Lipinski definition) is 2. The molecule has 6 heteroatoms. The number of aromatic amines is 1. The first-order valence-electron chi connectivity index (χ1n) is 5.27. The number of fused-ring (bicyclic) bond motifs is 1. The maximum atomic E-state index is 12.1. The first-order chi connectivity index (χ1) is 7.23. The van der Waals surface area contributed by atoms with E-state index >= 15 is 0 Å². The Morgan fingerprint density at radius 2 is 2.00 bits per heavy atom. The maximum Gasteiger partial charge on any atom is 0.291 e. The Bertz CT molecular complexity index is 429. The molecule has 0 spiro atoms. The minimum Gasteiger partial charge on any atom is -0.266 e. The van der Waals surface area contributed by atoms with Crippen molar-refractivity contribution >= 4 is 5.91 Å². The summed E-state index contributed by atoms with van der Waals surface area (Å²) in [5.74, 6) is -0.135. The van der Waals surface area contributed by atoms with Crippen LogP contribution < -0.4 is 5.43 Å². The summed E-state index contributed by atoms with van der Waals surface area (Å²) in [6, 6.07) is 0. The lowest BCUT2D eigenvalue weighted by molar-refractivity contribution is 0.0262. The van der Waals surface area contributed by atoms with Gasteiger partial charge in [0.25, 0.3) is 5.91 Å². The summed E-state index contributed by atoms with van der Waals surface area (Å²) in [5.41, 5.74) is 3.72.